The molecule has 1 aromatic carbocycles. The van der Waals surface area contributed by atoms with E-state index in [-0.39, 0.29) is 5.91 Å². The summed E-state index contributed by atoms with van der Waals surface area (Å²) in [6.07, 6.45) is 0.342. The van der Waals surface area contributed by atoms with Gasteiger partial charge in [0.15, 0.2) is 0 Å². The third-order valence-corrected chi connectivity index (χ3v) is 4.65. The summed E-state index contributed by atoms with van der Waals surface area (Å²) in [5.74, 6) is -1.23. The average Bonchev–Trinajstić information content (AvgIpc) is 2.91. The minimum absolute atomic E-state index is 0.253. The number of carboxylic acids is 1. The lowest BCUT2D eigenvalue weighted by molar-refractivity contribution is -0.142. The van der Waals surface area contributed by atoms with Gasteiger partial charge in [-0.3, -0.25) is 4.79 Å². The monoisotopic (exact) mass is 302 g/mol. The van der Waals surface area contributed by atoms with Crippen LogP contribution in [-0.2, 0) is 17.8 Å². The highest BCUT2D eigenvalue weighted by atomic mass is 32.1. The first kappa shape index (κ1) is 13.8. The van der Waals surface area contributed by atoms with E-state index in [0.29, 0.717) is 23.5 Å². The number of nitrogens with zero attached hydrogens (tertiary/aromatic N) is 2. The van der Waals surface area contributed by atoms with Crippen LogP contribution in [0.1, 0.15) is 26.5 Å². The van der Waals surface area contributed by atoms with Gasteiger partial charge < -0.3 is 10.0 Å². The highest BCUT2D eigenvalue weighted by Crippen LogP contribution is 2.26. The minimum Gasteiger partial charge on any atom is -0.480 e. The number of rotatable bonds is 2. The van der Waals surface area contributed by atoms with Crippen molar-refractivity contribution in [3.8, 4) is 0 Å². The summed E-state index contributed by atoms with van der Waals surface area (Å²) in [5, 5.41) is 9.44. The fraction of sp³-hybridized carbons (Fsp3) is 0.267. The van der Waals surface area contributed by atoms with Crippen LogP contribution in [0.25, 0.3) is 0 Å². The Morgan fingerprint density at radius 1 is 1.33 bits per heavy atom. The minimum atomic E-state index is -0.972. The van der Waals surface area contributed by atoms with Crippen molar-refractivity contribution in [2.24, 2.45) is 0 Å². The number of hydrogen-bond donors (Lipinski definition) is 1. The zero-order valence-corrected chi connectivity index (χ0v) is 12.3. The molecule has 2 aromatic rings. The molecule has 1 aliphatic heterocycles. The van der Waals surface area contributed by atoms with Crippen LogP contribution < -0.4 is 0 Å². The third-order valence-electron chi connectivity index (χ3n) is 3.73. The van der Waals surface area contributed by atoms with E-state index in [1.165, 1.54) is 16.2 Å². The lowest BCUT2D eigenvalue weighted by atomic mass is 9.94. The van der Waals surface area contributed by atoms with E-state index in [1.807, 2.05) is 24.3 Å². The quantitative estimate of drug-likeness (QED) is 0.922. The van der Waals surface area contributed by atoms with Crippen molar-refractivity contribution in [2.45, 2.75) is 25.9 Å². The van der Waals surface area contributed by atoms with Gasteiger partial charge in [0.2, 0.25) is 0 Å². The van der Waals surface area contributed by atoms with Gasteiger partial charge in [-0.1, -0.05) is 24.3 Å². The fourth-order valence-corrected chi connectivity index (χ4v) is 3.35. The first-order valence-electron chi connectivity index (χ1n) is 6.58. The number of hydrogen-bond acceptors (Lipinski definition) is 4. The Morgan fingerprint density at radius 3 is 2.67 bits per heavy atom. The summed E-state index contributed by atoms with van der Waals surface area (Å²) >= 11 is 1.25. The molecule has 0 saturated carbocycles. The Labute approximate surface area is 125 Å². The van der Waals surface area contributed by atoms with Crippen molar-refractivity contribution in [3.05, 3.63) is 51.5 Å². The summed E-state index contributed by atoms with van der Waals surface area (Å²) < 4.78 is 0. The fourth-order valence-electron chi connectivity index (χ4n) is 2.59. The SMILES string of the molecule is Cc1ncsc1C(=O)N1Cc2ccccc2C[C@@H]1C(=O)O. The molecule has 1 amide bonds. The molecule has 0 radical (unpaired) electrons. The van der Waals surface area contributed by atoms with E-state index in [2.05, 4.69) is 4.98 Å². The molecular formula is C15H14N2O3S. The third kappa shape index (κ3) is 2.42. The smallest absolute Gasteiger partial charge is 0.326 e. The Hall–Kier alpha value is -2.21. The van der Waals surface area contributed by atoms with E-state index < -0.39 is 12.0 Å². The number of benzene rings is 1. The highest BCUT2D eigenvalue weighted by molar-refractivity contribution is 7.11. The summed E-state index contributed by atoms with van der Waals surface area (Å²) in [6, 6.07) is 6.83. The number of amides is 1. The van der Waals surface area contributed by atoms with Crippen molar-refractivity contribution < 1.29 is 14.7 Å². The largest absolute Gasteiger partial charge is 0.480 e. The molecule has 0 bridgehead atoms. The highest BCUT2D eigenvalue weighted by Gasteiger charge is 2.35. The summed E-state index contributed by atoms with van der Waals surface area (Å²) in [6.45, 7) is 2.08. The molecule has 0 unspecified atom stereocenters. The van der Waals surface area contributed by atoms with Crippen molar-refractivity contribution in [1.29, 1.82) is 0 Å². The molecule has 1 aliphatic rings. The first-order chi connectivity index (χ1) is 10.1. The van der Waals surface area contributed by atoms with Gasteiger partial charge in [-0.05, 0) is 18.1 Å². The van der Waals surface area contributed by atoms with Crippen molar-refractivity contribution in [1.82, 2.24) is 9.88 Å². The lowest BCUT2D eigenvalue weighted by Gasteiger charge is -2.34. The summed E-state index contributed by atoms with van der Waals surface area (Å²) in [7, 11) is 0. The first-order valence-corrected chi connectivity index (χ1v) is 7.46. The van der Waals surface area contributed by atoms with Gasteiger partial charge >= 0.3 is 5.97 Å². The molecule has 1 atom stereocenters. The maximum absolute atomic E-state index is 12.6. The molecule has 0 fully saturated rings. The maximum atomic E-state index is 12.6. The van der Waals surface area contributed by atoms with Crippen LogP contribution in [0.15, 0.2) is 29.8 Å². The predicted octanol–water partition coefficient (Wildman–Crippen LogP) is 2.10. The Morgan fingerprint density at radius 2 is 2.05 bits per heavy atom. The second-order valence-electron chi connectivity index (χ2n) is 5.03. The van der Waals surface area contributed by atoms with E-state index in [1.54, 1.807) is 12.4 Å². The Bertz CT molecular complexity index is 710. The summed E-state index contributed by atoms with van der Waals surface area (Å²) in [5.41, 5.74) is 4.25. The molecule has 3 rings (SSSR count). The van der Waals surface area contributed by atoms with Gasteiger partial charge in [-0.25, -0.2) is 9.78 Å². The van der Waals surface area contributed by atoms with Gasteiger partial charge in [0.05, 0.1) is 11.2 Å². The molecule has 2 heterocycles. The van der Waals surface area contributed by atoms with Gasteiger partial charge in [0.1, 0.15) is 10.9 Å². The topological polar surface area (TPSA) is 70.5 Å². The predicted molar refractivity (Wildman–Crippen MR) is 78.3 cm³/mol. The van der Waals surface area contributed by atoms with Gasteiger partial charge in [-0.2, -0.15) is 0 Å². The van der Waals surface area contributed by atoms with Crippen LogP contribution in [-0.4, -0.2) is 32.9 Å². The Balaban J connectivity index is 1.98. The number of aryl methyl sites for hydroxylation is 1. The van der Waals surface area contributed by atoms with Crippen molar-refractivity contribution in [2.75, 3.05) is 0 Å². The number of aromatic nitrogens is 1. The maximum Gasteiger partial charge on any atom is 0.326 e. The molecular weight excluding hydrogens is 288 g/mol. The van der Waals surface area contributed by atoms with Gasteiger partial charge in [-0.15, -0.1) is 11.3 Å². The summed E-state index contributed by atoms with van der Waals surface area (Å²) in [4.78, 5) is 30.2. The van der Waals surface area contributed by atoms with Crippen LogP contribution in [0.4, 0.5) is 0 Å². The molecule has 108 valence electrons. The van der Waals surface area contributed by atoms with Gasteiger partial charge in [0.25, 0.3) is 5.91 Å². The second kappa shape index (κ2) is 5.29. The number of aliphatic carboxylic acids is 1. The van der Waals surface area contributed by atoms with Crippen LogP contribution >= 0.6 is 11.3 Å². The number of carbonyl (C=O) groups is 2. The molecule has 0 saturated heterocycles. The number of carbonyl (C=O) groups excluding carboxylic acids is 1. The van der Waals surface area contributed by atoms with Crippen LogP contribution in [0.5, 0.6) is 0 Å². The van der Waals surface area contributed by atoms with E-state index in [0.717, 1.165) is 11.1 Å². The number of carboxylic acid groups (broad SMARTS) is 1. The second-order valence-corrected chi connectivity index (χ2v) is 5.88. The van der Waals surface area contributed by atoms with Crippen LogP contribution in [0.3, 0.4) is 0 Å². The zero-order valence-electron chi connectivity index (χ0n) is 11.4. The average molecular weight is 302 g/mol. The molecule has 1 N–H and O–H groups in total. The molecule has 6 heteroatoms. The van der Waals surface area contributed by atoms with Crippen molar-refractivity contribution >= 4 is 23.2 Å². The normalized spacial score (nSPS) is 17.4. The molecule has 1 aromatic heterocycles. The van der Waals surface area contributed by atoms with E-state index in [9.17, 15) is 14.7 Å². The van der Waals surface area contributed by atoms with E-state index >= 15 is 0 Å². The molecule has 21 heavy (non-hydrogen) atoms. The standard InChI is InChI=1S/C15H14N2O3S/c1-9-13(21-8-16-9)14(18)17-7-11-5-3-2-4-10(11)6-12(17)15(19)20/h2-5,8,12H,6-7H2,1H3,(H,19,20)/t12-/m1/s1. The molecule has 5 nitrogen and oxygen atoms in total. The van der Waals surface area contributed by atoms with Crippen LogP contribution in [0, 0.1) is 6.92 Å². The zero-order chi connectivity index (χ0) is 15.0. The van der Waals surface area contributed by atoms with Crippen molar-refractivity contribution in [3.63, 3.8) is 0 Å². The van der Waals surface area contributed by atoms with E-state index in [4.69, 9.17) is 0 Å². The number of thiazole rings is 1. The van der Waals surface area contributed by atoms with Gasteiger partial charge in [0, 0.05) is 13.0 Å². The molecule has 0 aliphatic carbocycles. The Kier molecular flexibility index (Phi) is 3.47. The lowest BCUT2D eigenvalue weighted by Crippen LogP contribution is -2.48. The van der Waals surface area contributed by atoms with Crippen LogP contribution in [0.2, 0.25) is 0 Å². The number of fused-ring (bicyclic) bond motifs is 1. The molecule has 0 spiro atoms.